The van der Waals surface area contributed by atoms with Gasteiger partial charge in [0.1, 0.15) is 5.75 Å². The van der Waals surface area contributed by atoms with Crippen LogP contribution in [0.4, 0.5) is 5.69 Å². The second-order valence-electron chi connectivity index (χ2n) is 5.09. The first-order chi connectivity index (χ1) is 11.0. The van der Waals surface area contributed by atoms with Crippen LogP contribution in [0.15, 0.2) is 30.5 Å². The topological polar surface area (TPSA) is 93.4 Å². The predicted molar refractivity (Wildman–Crippen MR) is 84.7 cm³/mol. The molecule has 0 saturated heterocycles. The van der Waals surface area contributed by atoms with E-state index in [1.807, 2.05) is 6.92 Å². The van der Waals surface area contributed by atoms with Gasteiger partial charge in [-0.3, -0.25) is 14.3 Å². The molecule has 1 amide bonds. The van der Waals surface area contributed by atoms with E-state index in [-0.39, 0.29) is 12.3 Å². The second-order valence-corrected chi connectivity index (χ2v) is 5.09. The van der Waals surface area contributed by atoms with Gasteiger partial charge in [0.15, 0.2) is 0 Å². The Labute approximate surface area is 133 Å². The molecule has 0 spiro atoms. The number of aliphatic carboxylic acids is 1. The van der Waals surface area contributed by atoms with Crippen LogP contribution in [0.1, 0.15) is 28.9 Å². The van der Waals surface area contributed by atoms with Crippen LogP contribution >= 0.6 is 0 Å². The average molecular weight is 317 g/mol. The molecule has 7 nitrogen and oxygen atoms in total. The molecule has 0 aliphatic rings. The molecule has 0 fully saturated rings. The fourth-order valence-electron chi connectivity index (χ4n) is 1.97. The number of aromatic nitrogens is 2. The highest BCUT2D eigenvalue weighted by atomic mass is 16.5. The summed E-state index contributed by atoms with van der Waals surface area (Å²) >= 11 is 0. The van der Waals surface area contributed by atoms with Gasteiger partial charge in [-0.2, -0.15) is 5.10 Å². The molecule has 2 N–H and O–H groups in total. The number of benzene rings is 1. The van der Waals surface area contributed by atoms with E-state index in [0.717, 1.165) is 5.69 Å². The molecular weight excluding hydrogens is 298 g/mol. The van der Waals surface area contributed by atoms with Crippen molar-refractivity contribution < 1.29 is 19.4 Å². The van der Waals surface area contributed by atoms with Crippen molar-refractivity contribution in [2.45, 2.75) is 19.8 Å². The summed E-state index contributed by atoms with van der Waals surface area (Å²) in [6.45, 7) is 2.17. The van der Waals surface area contributed by atoms with Gasteiger partial charge in [0.2, 0.25) is 0 Å². The van der Waals surface area contributed by atoms with Gasteiger partial charge in [0, 0.05) is 24.8 Å². The van der Waals surface area contributed by atoms with Gasteiger partial charge in [0.05, 0.1) is 18.4 Å². The van der Waals surface area contributed by atoms with Crippen molar-refractivity contribution in [2.75, 3.05) is 11.9 Å². The van der Waals surface area contributed by atoms with E-state index in [2.05, 4.69) is 10.4 Å². The Hall–Kier alpha value is -2.83. The molecule has 2 rings (SSSR count). The number of anilines is 1. The lowest BCUT2D eigenvalue weighted by atomic mass is 10.2. The summed E-state index contributed by atoms with van der Waals surface area (Å²) in [5.74, 6) is -0.422. The number of nitrogens with one attached hydrogen (secondary N) is 1. The molecule has 0 saturated carbocycles. The van der Waals surface area contributed by atoms with Crippen molar-refractivity contribution in [2.24, 2.45) is 7.05 Å². The van der Waals surface area contributed by atoms with Gasteiger partial charge in [-0.25, -0.2) is 0 Å². The minimum atomic E-state index is -0.836. The number of carboxylic acid groups (broad SMARTS) is 1. The zero-order valence-electron chi connectivity index (χ0n) is 13.1. The number of ether oxygens (including phenoxy) is 1. The van der Waals surface area contributed by atoms with Gasteiger partial charge in [-0.15, -0.1) is 0 Å². The van der Waals surface area contributed by atoms with Crippen LogP contribution in [-0.2, 0) is 11.8 Å². The van der Waals surface area contributed by atoms with Crippen LogP contribution in [0.25, 0.3) is 0 Å². The first kappa shape index (κ1) is 16.5. The predicted octanol–water partition coefficient (Wildman–Crippen LogP) is 2.22. The SMILES string of the molecule is Cc1c(C(=O)Nc2ccc(OCCCC(=O)O)cc2)cnn1C. The number of rotatable bonds is 7. The number of hydrogen-bond donors (Lipinski definition) is 2. The van der Waals surface area contributed by atoms with Crippen LogP contribution in [0.3, 0.4) is 0 Å². The highest BCUT2D eigenvalue weighted by Gasteiger charge is 2.12. The van der Waals surface area contributed by atoms with Crippen molar-refractivity contribution >= 4 is 17.6 Å². The molecular formula is C16H19N3O4. The highest BCUT2D eigenvalue weighted by molar-refractivity contribution is 6.04. The van der Waals surface area contributed by atoms with Crippen LogP contribution < -0.4 is 10.1 Å². The van der Waals surface area contributed by atoms with Crippen LogP contribution in [0, 0.1) is 6.92 Å². The van der Waals surface area contributed by atoms with Crippen molar-refractivity contribution in [3.05, 3.63) is 41.7 Å². The third-order valence-corrected chi connectivity index (χ3v) is 3.40. The lowest BCUT2D eigenvalue weighted by Crippen LogP contribution is -2.12. The van der Waals surface area contributed by atoms with E-state index in [0.29, 0.717) is 30.0 Å². The molecule has 1 heterocycles. The minimum Gasteiger partial charge on any atom is -0.494 e. The summed E-state index contributed by atoms with van der Waals surface area (Å²) in [7, 11) is 1.78. The normalized spacial score (nSPS) is 10.3. The smallest absolute Gasteiger partial charge is 0.303 e. The zero-order valence-corrected chi connectivity index (χ0v) is 13.1. The van der Waals surface area contributed by atoms with Gasteiger partial charge in [-0.1, -0.05) is 0 Å². The maximum atomic E-state index is 12.2. The number of amides is 1. The lowest BCUT2D eigenvalue weighted by Gasteiger charge is -2.08. The van der Waals surface area contributed by atoms with Gasteiger partial charge >= 0.3 is 5.97 Å². The van der Waals surface area contributed by atoms with Gasteiger partial charge < -0.3 is 15.2 Å². The van der Waals surface area contributed by atoms with Crippen LogP contribution in [-0.4, -0.2) is 33.4 Å². The molecule has 0 atom stereocenters. The van der Waals surface area contributed by atoms with E-state index in [9.17, 15) is 9.59 Å². The monoisotopic (exact) mass is 317 g/mol. The molecule has 7 heteroatoms. The molecule has 122 valence electrons. The maximum absolute atomic E-state index is 12.2. The first-order valence-electron chi connectivity index (χ1n) is 7.22. The van der Waals surface area contributed by atoms with Crippen molar-refractivity contribution in [3.63, 3.8) is 0 Å². The summed E-state index contributed by atoms with van der Waals surface area (Å²) < 4.78 is 7.08. The number of hydrogen-bond acceptors (Lipinski definition) is 4. The zero-order chi connectivity index (χ0) is 16.8. The molecule has 2 aromatic rings. The summed E-state index contributed by atoms with van der Waals surface area (Å²) in [5, 5.41) is 15.4. The van der Waals surface area contributed by atoms with E-state index in [1.54, 1.807) is 36.0 Å². The number of nitrogens with zero attached hydrogens (tertiary/aromatic N) is 2. The second kappa shape index (κ2) is 7.44. The fourth-order valence-corrected chi connectivity index (χ4v) is 1.97. The Kier molecular flexibility index (Phi) is 5.35. The lowest BCUT2D eigenvalue weighted by molar-refractivity contribution is -0.137. The summed E-state index contributed by atoms with van der Waals surface area (Å²) in [5.41, 5.74) is 1.97. The Morgan fingerprint density at radius 2 is 2.00 bits per heavy atom. The number of carbonyl (C=O) groups is 2. The maximum Gasteiger partial charge on any atom is 0.303 e. The molecule has 23 heavy (non-hydrogen) atoms. The minimum absolute atomic E-state index is 0.0819. The average Bonchev–Trinajstić information content (AvgIpc) is 2.85. The molecule has 1 aromatic carbocycles. The fraction of sp³-hybridized carbons (Fsp3) is 0.312. The van der Waals surface area contributed by atoms with Gasteiger partial charge in [-0.05, 0) is 37.6 Å². The third-order valence-electron chi connectivity index (χ3n) is 3.40. The molecule has 0 aliphatic heterocycles. The Bertz CT molecular complexity index is 692. The summed E-state index contributed by atoms with van der Waals surface area (Å²) in [6, 6.07) is 6.92. The van der Waals surface area contributed by atoms with E-state index in [1.165, 1.54) is 6.20 Å². The number of carbonyl (C=O) groups excluding carboxylic acids is 1. The van der Waals surface area contributed by atoms with E-state index < -0.39 is 5.97 Å². The van der Waals surface area contributed by atoms with Crippen LogP contribution in [0.5, 0.6) is 5.75 Å². The quantitative estimate of drug-likeness (QED) is 0.764. The number of carboxylic acids is 1. The molecule has 1 aromatic heterocycles. The first-order valence-corrected chi connectivity index (χ1v) is 7.22. The molecule has 0 aliphatic carbocycles. The Morgan fingerprint density at radius 1 is 1.30 bits per heavy atom. The van der Waals surface area contributed by atoms with Crippen molar-refractivity contribution in [1.82, 2.24) is 9.78 Å². The molecule has 0 bridgehead atoms. The van der Waals surface area contributed by atoms with E-state index in [4.69, 9.17) is 9.84 Å². The van der Waals surface area contributed by atoms with Crippen molar-refractivity contribution in [1.29, 1.82) is 0 Å². The molecule has 0 unspecified atom stereocenters. The summed E-state index contributed by atoms with van der Waals surface area (Å²) in [4.78, 5) is 22.6. The highest BCUT2D eigenvalue weighted by Crippen LogP contribution is 2.17. The third kappa shape index (κ3) is 4.57. The standard InChI is InChI=1S/C16H19N3O4/c1-11-14(10-17-19(11)2)16(22)18-12-5-7-13(8-6-12)23-9-3-4-15(20)21/h5-8,10H,3-4,9H2,1-2H3,(H,18,22)(H,20,21). The van der Waals surface area contributed by atoms with E-state index >= 15 is 0 Å². The molecule has 0 radical (unpaired) electrons. The number of aryl methyl sites for hydroxylation is 1. The largest absolute Gasteiger partial charge is 0.494 e. The Morgan fingerprint density at radius 3 is 2.57 bits per heavy atom. The van der Waals surface area contributed by atoms with Crippen molar-refractivity contribution in [3.8, 4) is 5.75 Å². The van der Waals surface area contributed by atoms with Crippen LogP contribution in [0.2, 0.25) is 0 Å². The van der Waals surface area contributed by atoms with Gasteiger partial charge in [0.25, 0.3) is 5.91 Å². The Balaban J connectivity index is 1.88. The summed E-state index contributed by atoms with van der Waals surface area (Å²) in [6.07, 6.45) is 2.07.